The van der Waals surface area contributed by atoms with Gasteiger partial charge in [-0.25, -0.2) is 4.98 Å². The maximum atomic E-state index is 12.7. The molecule has 1 amide bonds. The minimum absolute atomic E-state index is 0.113. The first kappa shape index (κ1) is 18.7. The molecule has 3 aromatic rings. The van der Waals surface area contributed by atoms with E-state index in [1.54, 1.807) is 14.2 Å². The Bertz CT molecular complexity index is 1030. The average Bonchev–Trinajstić information content (AvgIpc) is 3.12. The first-order valence-electron chi connectivity index (χ1n) is 9.18. The molecule has 0 saturated carbocycles. The quantitative estimate of drug-likeness (QED) is 0.667. The van der Waals surface area contributed by atoms with Gasteiger partial charge >= 0.3 is 0 Å². The van der Waals surface area contributed by atoms with Gasteiger partial charge in [0, 0.05) is 13.1 Å². The third kappa shape index (κ3) is 3.67. The number of aromatic nitrogens is 2. The van der Waals surface area contributed by atoms with Gasteiger partial charge in [0.05, 0.1) is 31.0 Å². The Balaban J connectivity index is 1.43. The lowest BCUT2D eigenvalue weighted by molar-refractivity contribution is -0.129. The van der Waals surface area contributed by atoms with Gasteiger partial charge in [0.15, 0.2) is 16.7 Å². The summed E-state index contributed by atoms with van der Waals surface area (Å²) in [5, 5.41) is 0.776. The molecule has 7 heteroatoms. The van der Waals surface area contributed by atoms with Crippen molar-refractivity contribution in [3.8, 4) is 11.5 Å². The maximum absolute atomic E-state index is 12.7. The zero-order valence-corrected chi connectivity index (χ0v) is 17.1. The van der Waals surface area contributed by atoms with E-state index in [-0.39, 0.29) is 5.91 Å². The van der Waals surface area contributed by atoms with Crippen molar-refractivity contribution >= 4 is 28.7 Å². The van der Waals surface area contributed by atoms with Gasteiger partial charge in [0.1, 0.15) is 0 Å². The second kappa shape index (κ2) is 7.75. The van der Waals surface area contributed by atoms with Gasteiger partial charge in [-0.2, -0.15) is 0 Å². The Morgan fingerprint density at radius 3 is 2.68 bits per heavy atom. The van der Waals surface area contributed by atoms with Crippen molar-refractivity contribution in [2.24, 2.45) is 0 Å². The summed E-state index contributed by atoms with van der Waals surface area (Å²) < 4.78 is 10.8. The number of H-pyrrole nitrogens is 1. The molecule has 0 atom stereocenters. The first-order chi connectivity index (χ1) is 13.6. The fourth-order valence-corrected chi connectivity index (χ4v) is 4.27. The predicted molar refractivity (Wildman–Crippen MR) is 110 cm³/mol. The molecule has 0 radical (unpaired) electrons. The molecule has 1 aromatic heterocycles. The Hall–Kier alpha value is -2.67. The summed E-state index contributed by atoms with van der Waals surface area (Å²) in [4.78, 5) is 22.5. The Morgan fingerprint density at radius 1 is 1.18 bits per heavy atom. The van der Waals surface area contributed by atoms with Crippen molar-refractivity contribution in [1.82, 2.24) is 14.9 Å². The van der Waals surface area contributed by atoms with Crippen LogP contribution in [0.5, 0.6) is 11.5 Å². The maximum Gasteiger partial charge on any atom is 0.233 e. The predicted octanol–water partition coefficient (Wildman–Crippen LogP) is 3.57. The van der Waals surface area contributed by atoms with Gasteiger partial charge in [0.25, 0.3) is 0 Å². The van der Waals surface area contributed by atoms with E-state index in [9.17, 15) is 4.79 Å². The number of carbonyl (C=O) groups is 1. The van der Waals surface area contributed by atoms with E-state index < -0.39 is 0 Å². The van der Waals surface area contributed by atoms with E-state index in [1.165, 1.54) is 22.9 Å². The van der Waals surface area contributed by atoms with E-state index in [0.29, 0.717) is 24.6 Å². The average molecular weight is 398 g/mol. The highest BCUT2D eigenvalue weighted by Crippen LogP contribution is 2.33. The summed E-state index contributed by atoms with van der Waals surface area (Å²) in [5.41, 5.74) is 5.43. The summed E-state index contributed by atoms with van der Waals surface area (Å²) in [6.07, 6.45) is 0.815. The molecule has 1 N–H and O–H groups in total. The van der Waals surface area contributed by atoms with Crippen LogP contribution in [0.1, 0.15) is 16.7 Å². The van der Waals surface area contributed by atoms with Gasteiger partial charge in [-0.1, -0.05) is 17.8 Å². The van der Waals surface area contributed by atoms with Crippen molar-refractivity contribution in [3.05, 3.63) is 47.0 Å². The number of amides is 1. The number of ether oxygens (including phenoxy) is 2. The molecule has 2 heterocycles. The number of aromatic amines is 1. The van der Waals surface area contributed by atoms with Gasteiger partial charge in [-0.15, -0.1) is 0 Å². The second-order valence-corrected chi connectivity index (χ2v) is 7.86. The highest BCUT2D eigenvalue weighted by atomic mass is 32.2. The van der Waals surface area contributed by atoms with E-state index in [2.05, 4.69) is 23.0 Å². The second-order valence-electron chi connectivity index (χ2n) is 6.89. The van der Waals surface area contributed by atoms with Crippen LogP contribution in [0.25, 0.3) is 11.0 Å². The zero-order valence-electron chi connectivity index (χ0n) is 16.2. The number of aryl methyl sites for hydroxylation is 1. The van der Waals surface area contributed by atoms with Crippen molar-refractivity contribution in [3.63, 3.8) is 0 Å². The molecule has 0 unspecified atom stereocenters. The monoisotopic (exact) mass is 397 g/mol. The number of imidazole rings is 1. The number of hydrogen-bond donors (Lipinski definition) is 1. The standard InChI is InChI=1S/C21H23N3O3S/c1-13-4-5-16-17(8-13)23-21(22-16)28-12-20(25)24-7-6-14-9-18(26-2)19(27-3)10-15(14)11-24/h4-5,8-10H,6-7,11-12H2,1-3H3,(H,22,23). The van der Waals surface area contributed by atoms with Crippen LogP contribution in [0, 0.1) is 6.92 Å². The van der Waals surface area contributed by atoms with Crippen LogP contribution in [0.3, 0.4) is 0 Å². The minimum atomic E-state index is 0.113. The SMILES string of the molecule is COc1cc2c(cc1OC)CN(C(=O)CSc1nc3ccc(C)cc3[nH]1)CC2. The van der Waals surface area contributed by atoms with Gasteiger partial charge < -0.3 is 19.4 Å². The smallest absolute Gasteiger partial charge is 0.233 e. The third-order valence-corrected chi connectivity index (χ3v) is 5.88. The minimum Gasteiger partial charge on any atom is -0.493 e. The molecule has 0 saturated heterocycles. The molecule has 2 aromatic carbocycles. The molecule has 28 heavy (non-hydrogen) atoms. The Labute approximate surface area is 168 Å². The molecule has 146 valence electrons. The molecule has 0 aliphatic carbocycles. The summed E-state index contributed by atoms with van der Waals surface area (Å²) in [5.74, 6) is 1.91. The summed E-state index contributed by atoms with van der Waals surface area (Å²) in [6, 6.07) is 10.1. The largest absolute Gasteiger partial charge is 0.493 e. The first-order valence-corrected chi connectivity index (χ1v) is 10.2. The fraction of sp³-hybridized carbons (Fsp3) is 0.333. The molecule has 0 fully saturated rings. The van der Waals surface area contributed by atoms with E-state index in [4.69, 9.17) is 9.47 Å². The van der Waals surface area contributed by atoms with E-state index >= 15 is 0 Å². The number of rotatable bonds is 5. The molecule has 0 spiro atoms. The van der Waals surface area contributed by atoms with Gasteiger partial charge in [0.2, 0.25) is 5.91 Å². The molecule has 1 aliphatic rings. The van der Waals surface area contributed by atoms with Crippen molar-refractivity contribution in [2.45, 2.75) is 25.0 Å². The lowest BCUT2D eigenvalue weighted by atomic mass is 9.99. The highest BCUT2D eigenvalue weighted by molar-refractivity contribution is 7.99. The van der Waals surface area contributed by atoms with Crippen molar-refractivity contribution in [2.75, 3.05) is 26.5 Å². The number of nitrogens with zero attached hydrogens (tertiary/aromatic N) is 2. The molecule has 1 aliphatic heterocycles. The molecule has 6 nitrogen and oxygen atoms in total. The highest BCUT2D eigenvalue weighted by Gasteiger charge is 2.23. The number of thioether (sulfide) groups is 1. The zero-order chi connectivity index (χ0) is 19.7. The van der Waals surface area contributed by atoms with Gasteiger partial charge in [-0.3, -0.25) is 4.79 Å². The number of methoxy groups -OCH3 is 2. The molecular formula is C21H23N3O3S. The van der Waals surface area contributed by atoms with Crippen LogP contribution in [-0.4, -0.2) is 47.3 Å². The number of benzene rings is 2. The van der Waals surface area contributed by atoms with Crippen molar-refractivity contribution in [1.29, 1.82) is 0 Å². The molecular weight excluding hydrogens is 374 g/mol. The third-order valence-electron chi connectivity index (χ3n) is 5.02. The summed E-state index contributed by atoms with van der Waals surface area (Å²) in [6.45, 7) is 3.35. The Kier molecular flexibility index (Phi) is 5.17. The van der Waals surface area contributed by atoms with Crippen LogP contribution in [0.4, 0.5) is 0 Å². The van der Waals surface area contributed by atoms with Crippen LogP contribution in [0.15, 0.2) is 35.5 Å². The van der Waals surface area contributed by atoms with Gasteiger partial charge in [-0.05, 0) is 54.3 Å². The number of nitrogens with one attached hydrogen (secondary N) is 1. The number of carbonyl (C=O) groups excluding carboxylic acids is 1. The summed E-state index contributed by atoms with van der Waals surface area (Å²) >= 11 is 1.45. The Morgan fingerprint density at radius 2 is 1.93 bits per heavy atom. The number of hydrogen-bond acceptors (Lipinski definition) is 5. The normalized spacial score (nSPS) is 13.5. The van der Waals surface area contributed by atoms with E-state index in [1.807, 2.05) is 29.2 Å². The van der Waals surface area contributed by atoms with Crippen LogP contribution in [0.2, 0.25) is 0 Å². The molecule has 0 bridgehead atoms. The lowest BCUT2D eigenvalue weighted by Gasteiger charge is -2.29. The van der Waals surface area contributed by atoms with Crippen LogP contribution in [-0.2, 0) is 17.8 Å². The van der Waals surface area contributed by atoms with Crippen LogP contribution >= 0.6 is 11.8 Å². The topological polar surface area (TPSA) is 67.5 Å². The summed E-state index contributed by atoms with van der Waals surface area (Å²) in [7, 11) is 3.26. The fourth-order valence-electron chi connectivity index (χ4n) is 3.49. The van der Waals surface area contributed by atoms with E-state index in [0.717, 1.165) is 33.9 Å². The van der Waals surface area contributed by atoms with Crippen LogP contribution < -0.4 is 9.47 Å². The number of fused-ring (bicyclic) bond motifs is 2. The molecule has 4 rings (SSSR count). The van der Waals surface area contributed by atoms with Crippen molar-refractivity contribution < 1.29 is 14.3 Å². The lowest BCUT2D eigenvalue weighted by Crippen LogP contribution is -2.37.